The van der Waals surface area contributed by atoms with Gasteiger partial charge in [-0.3, -0.25) is 9.64 Å². The third kappa shape index (κ3) is 5.64. The molecule has 1 rings (SSSR count). The number of nitrogens with zero attached hydrogens (tertiary/aromatic N) is 1. The van der Waals surface area contributed by atoms with E-state index in [1.54, 1.807) is 0 Å². The largest absolute Gasteiger partial charge is 0.522 e. The van der Waals surface area contributed by atoms with Gasteiger partial charge in [-0.25, -0.2) is 0 Å². The summed E-state index contributed by atoms with van der Waals surface area (Å²) in [5, 5.41) is 2.98. The quantitative estimate of drug-likeness (QED) is 0.758. The SMILES string of the molecule is CNCC1CN(CCOC(F)(F)F)CCO1. The summed E-state index contributed by atoms with van der Waals surface area (Å²) in [6.07, 6.45) is -4.49. The molecule has 7 heteroatoms. The molecule has 1 atom stereocenters. The van der Waals surface area contributed by atoms with E-state index in [0.717, 1.165) is 0 Å². The number of rotatable bonds is 5. The van der Waals surface area contributed by atoms with Gasteiger partial charge >= 0.3 is 6.36 Å². The van der Waals surface area contributed by atoms with Crippen LogP contribution in [-0.2, 0) is 9.47 Å². The van der Waals surface area contributed by atoms with Crippen LogP contribution in [0.25, 0.3) is 0 Å². The van der Waals surface area contributed by atoms with Crippen LogP contribution in [0, 0.1) is 0 Å². The first-order valence-electron chi connectivity index (χ1n) is 5.20. The molecule has 1 heterocycles. The zero-order valence-electron chi connectivity index (χ0n) is 9.22. The number of alkyl halides is 3. The van der Waals surface area contributed by atoms with E-state index in [2.05, 4.69) is 10.1 Å². The van der Waals surface area contributed by atoms with Crippen molar-refractivity contribution < 1.29 is 22.6 Å². The van der Waals surface area contributed by atoms with Crippen LogP contribution in [0.3, 0.4) is 0 Å². The van der Waals surface area contributed by atoms with Gasteiger partial charge in [-0.1, -0.05) is 0 Å². The van der Waals surface area contributed by atoms with Crippen molar-refractivity contribution in [2.45, 2.75) is 12.5 Å². The number of nitrogens with one attached hydrogen (secondary N) is 1. The smallest absolute Gasteiger partial charge is 0.374 e. The predicted molar refractivity (Wildman–Crippen MR) is 52.1 cm³/mol. The normalized spacial score (nSPS) is 23.6. The summed E-state index contributed by atoms with van der Waals surface area (Å²) < 4.78 is 44.4. The fourth-order valence-corrected chi connectivity index (χ4v) is 1.63. The lowest BCUT2D eigenvalue weighted by atomic mass is 10.2. The first kappa shape index (κ1) is 13.7. The van der Waals surface area contributed by atoms with Crippen molar-refractivity contribution >= 4 is 0 Å². The summed E-state index contributed by atoms with van der Waals surface area (Å²) >= 11 is 0. The highest BCUT2D eigenvalue weighted by Crippen LogP contribution is 2.16. The van der Waals surface area contributed by atoms with Gasteiger partial charge in [-0.15, -0.1) is 13.2 Å². The highest BCUT2D eigenvalue weighted by molar-refractivity contribution is 4.72. The van der Waals surface area contributed by atoms with Gasteiger partial charge in [0.1, 0.15) is 0 Å². The number of hydrogen-bond acceptors (Lipinski definition) is 4. The zero-order valence-corrected chi connectivity index (χ0v) is 9.22. The van der Waals surface area contributed by atoms with Crippen LogP contribution in [0.2, 0.25) is 0 Å². The number of ether oxygens (including phenoxy) is 2. The molecule has 0 aromatic rings. The van der Waals surface area contributed by atoms with E-state index in [0.29, 0.717) is 26.2 Å². The van der Waals surface area contributed by atoms with Crippen molar-refractivity contribution in [2.24, 2.45) is 0 Å². The summed E-state index contributed by atoms with van der Waals surface area (Å²) in [7, 11) is 1.81. The summed E-state index contributed by atoms with van der Waals surface area (Å²) in [6, 6.07) is 0. The maximum Gasteiger partial charge on any atom is 0.522 e. The minimum Gasteiger partial charge on any atom is -0.374 e. The Morgan fingerprint density at radius 2 is 2.25 bits per heavy atom. The minimum absolute atomic E-state index is 0.0460. The fourth-order valence-electron chi connectivity index (χ4n) is 1.63. The molecule has 1 N–H and O–H groups in total. The molecule has 0 spiro atoms. The van der Waals surface area contributed by atoms with E-state index in [1.165, 1.54) is 0 Å². The summed E-state index contributed by atoms with van der Waals surface area (Å²) in [6.45, 7) is 2.51. The Balaban J connectivity index is 2.16. The molecule has 0 saturated carbocycles. The van der Waals surface area contributed by atoms with Gasteiger partial charge in [0, 0.05) is 26.2 Å². The Morgan fingerprint density at radius 3 is 2.88 bits per heavy atom. The molecule has 0 radical (unpaired) electrons. The Kier molecular flexibility index (Phi) is 5.47. The van der Waals surface area contributed by atoms with Crippen LogP contribution in [-0.4, -0.2) is 63.8 Å². The molecule has 0 amide bonds. The molecule has 16 heavy (non-hydrogen) atoms. The Hall–Kier alpha value is -0.370. The number of likely N-dealkylation sites (N-methyl/N-ethyl adjacent to an activating group) is 1. The molecule has 0 aliphatic carbocycles. The second-order valence-electron chi connectivity index (χ2n) is 3.65. The van der Waals surface area contributed by atoms with Crippen molar-refractivity contribution in [3.63, 3.8) is 0 Å². The van der Waals surface area contributed by atoms with Crippen LogP contribution in [0.5, 0.6) is 0 Å². The summed E-state index contributed by atoms with van der Waals surface area (Å²) in [5.41, 5.74) is 0. The third-order valence-electron chi connectivity index (χ3n) is 2.33. The Labute approximate surface area is 92.7 Å². The monoisotopic (exact) mass is 242 g/mol. The highest BCUT2D eigenvalue weighted by Gasteiger charge is 2.29. The van der Waals surface area contributed by atoms with Gasteiger partial charge in [0.15, 0.2) is 0 Å². The van der Waals surface area contributed by atoms with Crippen LogP contribution >= 0.6 is 0 Å². The molecule has 0 aromatic carbocycles. The third-order valence-corrected chi connectivity index (χ3v) is 2.33. The lowest BCUT2D eigenvalue weighted by Crippen LogP contribution is -2.47. The molecule has 96 valence electrons. The molecule has 1 saturated heterocycles. The summed E-state index contributed by atoms with van der Waals surface area (Å²) in [4.78, 5) is 1.91. The van der Waals surface area contributed by atoms with E-state index >= 15 is 0 Å². The molecule has 4 nitrogen and oxygen atoms in total. The topological polar surface area (TPSA) is 33.7 Å². The van der Waals surface area contributed by atoms with E-state index in [9.17, 15) is 13.2 Å². The van der Waals surface area contributed by atoms with Crippen molar-refractivity contribution in [1.29, 1.82) is 0 Å². The van der Waals surface area contributed by atoms with Crippen LogP contribution in [0.4, 0.5) is 13.2 Å². The summed E-state index contributed by atoms with van der Waals surface area (Å²) in [5.74, 6) is 0. The first-order valence-corrected chi connectivity index (χ1v) is 5.20. The van der Waals surface area contributed by atoms with Gasteiger partial charge in [-0.2, -0.15) is 0 Å². The molecular formula is C9H17F3N2O2. The van der Waals surface area contributed by atoms with Crippen molar-refractivity contribution in [3.05, 3.63) is 0 Å². The maximum atomic E-state index is 11.7. The van der Waals surface area contributed by atoms with Crippen LogP contribution < -0.4 is 5.32 Å². The molecule has 0 aromatic heterocycles. The van der Waals surface area contributed by atoms with E-state index in [1.807, 2.05) is 11.9 Å². The minimum atomic E-state index is -4.53. The fraction of sp³-hybridized carbons (Fsp3) is 1.00. The first-order chi connectivity index (χ1) is 7.51. The molecule has 1 unspecified atom stereocenters. The number of halogens is 3. The number of hydrogen-bond donors (Lipinski definition) is 1. The second-order valence-corrected chi connectivity index (χ2v) is 3.65. The average Bonchev–Trinajstić information content (AvgIpc) is 2.17. The van der Waals surface area contributed by atoms with Crippen molar-refractivity contribution in [2.75, 3.05) is 46.4 Å². The molecular weight excluding hydrogens is 225 g/mol. The maximum absolute atomic E-state index is 11.7. The standard InChI is InChI=1S/C9H17F3N2O2/c1-13-6-8-7-14(2-4-15-8)3-5-16-9(10,11)12/h8,13H,2-7H2,1H3. The molecule has 1 aliphatic rings. The van der Waals surface area contributed by atoms with Gasteiger partial charge in [0.2, 0.25) is 0 Å². The van der Waals surface area contributed by atoms with Gasteiger partial charge in [-0.05, 0) is 7.05 Å². The highest BCUT2D eigenvalue weighted by atomic mass is 19.4. The predicted octanol–water partition coefficient (Wildman–Crippen LogP) is 0.443. The van der Waals surface area contributed by atoms with Crippen molar-refractivity contribution in [1.82, 2.24) is 10.2 Å². The van der Waals surface area contributed by atoms with E-state index in [-0.39, 0.29) is 19.3 Å². The van der Waals surface area contributed by atoms with Crippen LogP contribution in [0.15, 0.2) is 0 Å². The Bertz CT molecular complexity index is 200. The molecule has 0 bridgehead atoms. The van der Waals surface area contributed by atoms with E-state index < -0.39 is 6.36 Å². The molecule has 1 aliphatic heterocycles. The molecule has 1 fully saturated rings. The van der Waals surface area contributed by atoms with Crippen molar-refractivity contribution in [3.8, 4) is 0 Å². The lowest BCUT2D eigenvalue weighted by Gasteiger charge is -2.32. The lowest BCUT2D eigenvalue weighted by molar-refractivity contribution is -0.325. The number of morpholine rings is 1. The van der Waals surface area contributed by atoms with Gasteiger partial charge in [0.25, 0.3) is 0 Å². The van der Waals surface area contributed by atoms with Gasteiger partial charge in [0.05, 0.1) is 19.3 Å². The van der Waals surface area contributed by atoms with E-state index in [4.69, 9.17) is 4.74 Å². The Morgan fingerprint density at radius 1 is 1.50 bits per heavy atom. The zero-order chi connectivity index (χ0) is 12.0. The second kappa shape index (κ2) is 6.39. The van der Waals surface area contributed by atoms with Gasteiger partial charge < -0.3 is 10.1 Å². The van der Waals surface area contributed by atoms with Crippen LogP contribution in [0.1, 0.15) is 0 Å². The average molecular weight is 242 g/mol.